The summed E-state index contributed by atoms with van der Waals surface area (Å²) in [7, 11) is 0. The van der Waals surface area contributed by atoms with Crippen molar-refractivity contribution in [1.82, 2.24) is 4.90 Å². The Morgan fingerprint density at radius 1 is 0.821 bits per heavy atom. The molecule has 7 rings (SSSR count). The number of nitrogens with one attached hydrogen (secondary N) is 1. The van der Waals surface area contributed by atoms with Gasteiger partial charge in [-0.25, -0.2) is 0 Å². The summed E-state index contributed by atoms with van der Waals surface area (Å²) in [5.74, 6) is 2.75. The summed E-state index contributed by atoms with van der Waals surface area (Å²) in [4.78, 5) is 14.6. The third kappa shape index (κ3) is 4.53. The van der Waals surface area contributed by atoms with Gasteiger partial charge in [0.2, 0.25) is 5.91 Å². The Bertz CT molecular complexity index is 1500. The van der Waals surface area contributed by atoms with Crippen molar-refractivity contribution in [2.75, 3.05) is 5.32 Å². The van der Waals surface area contributed by atoms with E-state index in [1.807, 2.05) is 18.2 Å². The second-order valence-electron chi connectivity index (χ2n) is 11.4. The number of hydrogen-bond acceptors (Lipinski definition) is 3. The highest BCUT2D eigenvalue weighted by Gasteiger charge is 2.45. The Hall–Kier alpha value is -3.89. The van der Waals surface area contributed by atoms with Gasteiger partial charge in [-0.15, -0.1) is 0 Å². The monoisotopic (exact) mass is 514 g/mol. The van der Waals surface area contributed by atoms with E-state index < -0.39 is 0 Å². The Balaban J connectivity index is 1.22. The first-order chi connectivity index (χ1) is 19.1. The number of rotatable bonds is 5. The standard InChI is InChI=1S/C35H34N2O2/c1-23(38)36-32-13-7-5-11-29(32)25-15-18-31-34(21-25)39-33-14-8-6-12-30(33)35(31)26-19-27-16-17-28(20-26)37(27)22-24-9-3-2-4-10-24/h2-15,18,21,26-28,35H,16-17,19-20,22H2,1H3,(H,36,38). The maximum atomic E-state index is 11.8. The third-order valence-electron chi connectivity index (χ3n) is 8.97. The van der Waals surface area contributed by atoms with E-state index in [4.69, 9.17) is 4.74 Å². The molecule has 3 atom stereocenters. The van der Waals surface area contributed by atoms with Crippen molar-refractivity contribution in [3.63, 3.8) is 0 Å². The van der Waals surface area contributed by atoms with Gasteiger partial charge in [-0.3, -0.25) is 9.69 Å². The normalized spacial score (nSPS) is 23.4. The summed E-state index contributed by atoms with van der Waals surface area (Å²) >= 11 is 0. The van der Waals surface area contributed by atoms with Crippen LogP contribution in [0.4, 0.5) is 5.69 Å². The van der Waals surface area contributed by atoms with Crippen LogP contribution in [0.25, 0.3) is 11.1 Å². The second-order valence-corrected chi connectivity index (χ2v) is 11.4. The number of carbonyl (C=O) groups excluding carboxylic acids is 1. The number of amides is 1. The van der Waals surface area contributed by atoms with E-state index in [1.165, 1.54) is 42.4 Å². The van der Waals surface area contributed by atoms with Crippen molar-refractivity contribution in [2.45, 2.75) is 57.2 Å². The lowest BCUT2D eigenvalue weighted by atomic mass is 9.72. The molecule has 3 aliphatic rings. The van der Waals surface area contributed by atoms with Gasteiger partial charge in [0.05, 0.1) is 0 Å². The van der Waals surface area contributed by atoms with Crippen LogP contribution in [0.15, 0.2) is 97.1 Å². The van der Waals surface area contributed by atoms with Crippen LogP contribution in [0.5, 0.6) is 11.5 Å². The molecule has 0 aromatic heterocycles. The van der Waals surface area contributed by atoms with Crippen LogP contribution in [-0.2, 0) is 11.3 Å². The molecule has 0 spiro atoms. The highest BCUT2D eigenvalue weighted by Crippen LogP contribution is 2.54. The summed E-state index contributed by atoms with van der Waals surface area (Å²) < 4.78 is 6.55. The summed E-state index contributed by atoms with van der Waals surface area (Å²) in [6.45, 7) is 2.60. The lowest BCUT2D eigenvalue weighted by Gasteiger charge is -2.43. The Labute approximate surface area is 230 Å². The SMILES string of the molecule is CC(=O)Nc1ccccc1-c1ccc2c(c1)Oc1ccccc1C2C1CC2CCC(C1)N2Cc1ccccc1. The van der Waals surface area contributed by atoms with Gasteiger partial charge in [0.15, 0.2) is 0 Å². The van der Waals surface area contributed by atoms with E-state index in [1.54, 1.807) is 6.92 Å². The molecule has 3 unspecified atom stereocenters. The van der Waals surface area contributed by atoms with Crippen molar-refractivity contribution in [3.8, 4) is 22.6 Å². The first kappa shape index (κ1) is 24.2. The molecule has 3 heterocycles. The molecule has 2 saturated heterocycles. The van der Waals surface area contributed by atoms with Crippen LogP contribution < -0.4 is 10.1 Å². The fourth-order valence-electron chi connectivity index (χ4n) is 7.35. The van der Waals surface area contributed by atoms with E-state index in [-0.39, 0.29) is 5.91 Å². The van der Waals surface area contributed by atoms with Gasteiger partial charge < -0.3 is 10.1 Å². The van der Waals surface area contributed by atoms with Crippen LogP contribution in [0.3, 0.4) is 0 Å². The fraction of sp³-hybridized carbons (Fsp3) is 0.286. The Morgan fingerprint density at radius 2 is 1.51 bits per heavy atom. The Morgan fingerprint density at radius 3 is 2.31 bits per heavy atom. The van der Waals surface area contributed by atoms with Crippen LogP contribution in [0, 0.1) is 5.92 Å². The molecule has 1 N–H and O–H groups in total. The maximum Gasteiger partial charge on any atom is 0.221 e. The maximum absolute atomic E-state index is 11.8. The fourth-order valence-corrected chi connectivity index (χ4v) is 7.35. The lowest BCUT2D eigenvalue weighted by Crippen LogP contribution is -2.43. The van der Waals surface area contributed by atoms with E-state index in [2.05, 4.69) is 89.1 Å². The molecule has 39 heavy (non-hydrogen) atoms. The summed E-state index contributed by atoms with van der Waals surface area (Å²) in [5.41, 5.74) is 6.89. The van der Waals surface area contributed by atoms with E-state index in [9.17, 15) is 4.79 Å². The number of hydrogen-bond donors (Lipinski definition) is 1. The molecule has 4 heteroatoms. The zero-order chi connectivity index (χ0) is 26.3. The molecule has 196 valence electrons. The Kier molecular flexibility index (Phi) is 6.21. The number of nitrogens with zero attached hydrogens (tertiary/aromatic N) is 1. The van der Waals surface area contributed by atoms with Gasteiger partial charge in [-0.05, 0) is 60.9 Å². The number of para-hydroxylation sites is 2. The molecule has 2 bridgehead atoms. The first-order valence-corrected chi connectivity index (χ1v) is 14.2. The van der Waals surface area contributed by atoms with Crippen LogP contribution in [-0.4, -0.2) is 22.9 Å². The van der Waals surface area contributed by atoms with Crippen molar-refractivity contribution >= 4 is 11.6 Å². The molecule has 4 aromatic rings. The van der Waals surface area contributed by atoms with Crippen molar-refractivity contribution in [3.05, 3.63) is 114 Å². The van der Waals surface area contributed by atoms with Gasteiger partial charge >= 0.3 is 0 Å². The zero-order valence-electron chi connectivity index (χ0n) is 22.3. The van der Waals surface area contributed by atoms with Gasteiger partial charge in [0, 0.05) is 53.8 Å². The lowest BCUT2D eigenvalue weighted by molar-refractivity contribution is -0.114. The van der Waals surface area contributed by atoms with Crippen molar-refractivity contribution in [2.24, 2.45) is 5.92 Å². The first-order valence-electron chi connectivity index (χ1n) is 14.2. The molecule has 2 fully saturated rings. The largest absolute Gasteiger partial charge is 0.457 e. The smallest absolute Gasteiger partial charge is 0.221 e. The molecular formula is C35H34N2O2. The molecule has 3 aliphatic heterocycles. The zero-order valence-corrected chi connectivity index (χ0v) is 22.3. The summed E-state index contributed by atoms with van der Waals surface area (Å²) in [6, 6.07) is 35.4. The van der Waals surface area contributed by atoms with Crippen molar-refractivity contribution in [1.29, 1.82) is 0 Å². The number of anilines is 1. The predicted molar refractivity (Wildman–Crippen MR) is 156 cm³/mol. The highest BCUT2D eigenvalue weighted by atomic mass is 16.5. The van der Waals surface area contributed by atoms with Gasteiger partial charge in [-0.2, -0.15) is 0 Å². The third-order valence-corrected chi connectivity index (χ3v) is 8.97. The van der Waals surface area contributed by atoms with Gasteiger partial charge in [-0.1, -0.05) is 78.9 Å². The van der Waals surface area contributed by atoms with Gasteiger partial charge in [0.1, 0.15) is 11.5 Å². The van der Waals surface area contributed by atoms with Crippen LogP contribution >= 0.6 is 0 Å². The van der Waals surface area contributed by atoms with Crippen molar-refractivity contribution < 1.29 is 9.53 Å². The number of ether oxygens (including phenoxy) is 1. The average Bonchev–Trinajstić information content (AvgIpc) is 3.17. The predicted octanol–water partition coefficient (Wildman–Crippen LogP) is 7.99. The summed E-state index contributed by atoms with van der Waals surface area (Å²) in [5, 5.41) is 2.98. The highest BCUT2D eigenvalue weighted by molar-refractivity contribution is 5.94. The quantitative estimate of drug-likeness (QED) is 0.293. The average molecular weight is 515 g/mol. The minimum atomic E-state index is -0.0705. The topological polar surface area (TPSA) is 41.6 Å². The molecule has 0 radical (unpaired) electrons. The van der Waals surface area contributed by atoms with E-state index >= 15 is 0 Å². The number of carbonyl (C=O) groups is 1. The minimum absolute atomic E-state index is 0.0705. The molecule has 1 amide bonds. The molecule has 4 nitrogen and oxygen atoms in total. The molecule has 0 aliphatic carbocycles. The van der Waals surface area contributed by atoms with Gasteiger partial charge in [0.25, 0.3) is 0 Å². The molecular weight excluding hydrogens is 480 g/mol. The molecule has 0 saturated carbocycles. The number of fused-ring (bicyclic) bond motifs is 4. The van der Waals surface area contributed by atoms with E-state index in [0.29, 0.717) is 23.9 Å². The molecule has 4 aromatic carbocycles. The van der Waals surface area contributed by atoms with E-state index in [0.717, 1.165) is 34.9 Å². The minimum Gasteiger partial charge on any atom is -0.457 e. The number of piperidine rings is 1. The van der Waals surface area contributed by atoms with Crippen LogP contribution in [0.2, 0.25) is 0 Å². The van der Waals surface area contributed by atoms with Crippen LogP contribution in [0.1, 0.15) is 55.2 Å². The summed E-state index contributed by atoms with van der Waals surface area (Å²) in [6.07, 6.45) is 5.03. The number of benzene rings is 4. The second kappa shape index (κ2) is 10.0.